The number of aryl methyl sites for hydroxylation is 1. The lowest BCUT2D eigenvalue weighted by Gasteiger charge is -2.31. The molecule has 4 heterocycles. The number of ether oxygens (including phenoxy) is 2. The molecule has 0 aliphatic carbocycles. The SMILES string of the molecule is Cc1cc(Oc2ccccc2OC(F)(F)F)ccc1N1C(=O)Nc2c(C(=O)NC3CCCN(C)C3)sc3nccc1c23. The van der Waals surface area contributed by atoms with Crippen LogP contribution in [0.25, 0.3) is 10.2 Å². The number of likely N-dealkylation sites (N-methyl/N-ethyl adjacent to an activating group) is 1. The van der Waals surface area contributed by atoms with Gasteiger partial charge in [0.25, 0.3) is 5.91 Å². The second kappa shape index (κ2) is 10.8. The topological polar surface area (TPSA) is 96.0 Å². The average Bonchev–Trinajstić information content (AvgIpc) is 3.29. The monoisotopic (exact) mass is 597 g/mol. The average molecular weight is 598 g/mol. The van der Waals surface area contributed by atoms with E-state index in [4.69, 9.17) is 4.74 Å². The molecule has 2 aliphatic rings. The number of hydrogen-bond donors (Lipinski definition) is 2. The first-order valence-corrected chi connectivity index (χ1v) is 14.0. The van der Waals surface area contributed by atoms with E-state index >= 15 is 0 Å². The number of anilines is 3. The van der Waals surface area contributed by atoms with Crippen LogP contribution < -0.4 is 25.0 Å². The van der Waals surface area contributed by atoms with Crippen molar-refractivity contribution in [2.75, 3.05) is 30.4 Å². The van der Waals surface area contributed by atoms with Crippen LogP contribution in [-0.2, 0) is 0 Å². The first-order valence-electron chi connectivity index (χ1n) is 13.2. The summed E-state index contributed by atoms with van der Waals surface area (Å²) in [5, 5.41) is 6.66. The van der Waals surface area contributed by atoms with E-state index in [9.17, 15) is 22.8 Å². The van der Waals surface area contributed by atoms with Crippen LogP contribution in [0, 0.1) is 6.92 Å². The molecule has 13 heteroatoms. The number of pyridine rings is 1. The Balaban J connectivity index is 1.30. The van der Waals surface area contributed by atoms with Crippen LogP contribution >= 0.6 is 11.3 Å². The molecule has 1 atom stereocenters. The molecule has 0 bridgehead atoms. The van der Waals surface area contributed by atoms with E-state index in [1.165, 1.54) is 34.4 Å². The molecule has 0 spiro atoms. The second-order valence-electron chi connectivity index (χ2n) is 10.2. The second-order valence-corrected chi connectivity index (χ2v) is 11.2. The zero-order chi connectivity index (χ0) is 29.6. The van der Waals surface area contributed by atoms with Crippen molar-refractivity contribution in [2.24, 2.45) is 0 Å². The van der Waals surface area contributed by atoms with Crippen molar-refractivity contribution in [3.63, 3.8) is 0 Å². The fraction of sp³-hybridized carbons (Fsp3) is 0.276. The molecular formula is C29H26F3N5O4S. The van der Waals surface area contributed by atoms with Crippen LogP contribution in [0.15, 0.2) is 54.7 Å². The lowest BCUT2D eigenvalue weighted by atomic mass is 10.1. The fourth-order valence-electron chi connectivity index (χ4n) is 5.33. The molecule has 2 aromatic heterocycles. The first kappa shape index (κ1) is 27.8. The third kappa shape index (κ3) is 5.44. The lowest BCUT2D eigenvalue weighted by molar-refractivity contribution is -0.275. The minimum Gasteiger partial charge on any atom is -0.453 e. The van der Waals surface area contributed by atoms with Crippen molar-refractivity contribution in [1.82, 2.24) is 15.2 Å². The highest BCUT2D eigenvalue weighted by atomic mass is 32.1. The quantitative estimate of drug-likeness (QED) is 0.254. The zero-order valence-electron chi connectivity index (χ0n) is 22.6. The molecule has 6 rings (SSSR count). The maximum Gasteiger partial charge on any atom is 0.573 e. The number of carbonyl (C=O) groups is 2. The molecular weight excluding hydrogens is 571 g/mol. The minimum absolute atomic E-state index is 0.0206. The maximum absolute atomic E-state index is 13.5. The van der Waals surface area contributed by atoms with Gasteiger partial charge in [-0.05, 0) is 75.3 Å². The summed E-state index contributed by atoms with van der Waals surface area (Å²) in [6.07, 6.45) is -1.40. The van der Waals surface area contributed by atoms with Crippen LogP contribution in [-0.4, -0.2) is 54.4 Å². The number of nitrogens with zero attached hydrogens (tertiary/aromatic N) is 3. The van der Waals surface area contributed by atoms with Crippen LogP contribution in [0.5, 0.6) is 17.2 Å². The first-order chi connectivity index (χ1) is 20.1. The molecule has 0 radical (unpaired) electrons. The van der Waals surface area contributed by atoms with Crippen molar-refractivity contribution >= 4 is 50.6 Å². The predicted octanol–water partition coefficient (Wildman–Crippen LogP) is 6.80. The number of amides is 3. The van der Waals surface area contributed by atoms with Crippen LogP contribution in [0.2, 0.25) is 0 Å². The summed E-state index contributed by atoms with van der Waals surface area (Å²) in [7, 11) is 2.02. The van der Waals surface area contributed by atoms with E-state index < -0.39 is 18.1 Å². The molecule has 42 heavy (non-hydrogen) atoms. The Morgan fingerprint density at radius 3 is 2.67 bits per heavy atom. The van der Waals surface area contributed by atoms with Gasteiger partial charge >= 0.3 is 12.4 Å². The zero-order valence-corrected chi connectivity index (χ0v) is 23.4. The third-order valence-corrected chi connectivity index (χ3v) is 8.22. The number of aromatic nitrogens is 1. The fourth-order valence-corrected chi connectivity index (χ4v) is 6.35. The van der Waals surface area contributed by atoms with Gasteiger partial charge < -0.3 is 25.0 Å². The van der Waals surface area contributed by atoms with Gasteiger partial charge in [-0.25, -0.2) is 9.78 Å². The van der Waals surface area contributed by atoms with Gasteiger partial charge in [-0.15, -0.1) is 24.5 Å². The van der Waals surface area contributed by atoms with Gasteiger partial charge in [0.05, 0.1) is 22.4 Å². The molecule has 218 valence electrons. The third-order valence-electron chi connectivity index (χ3n) is 7.12. The smallest absolute Gasteiger partial charge is 0.453 e. The van der Waals surface area contributed by atoms with E-state index in [2.05, 4.69) is 25.3 Å². The number of likely N-dealkylation sites (tertiary alicyclic amines) is 1. The van der Waals surface area contributed by atoms with Crippen LogP contribution in [0.4, 0.5) is 35.0 Å². The summed E-state index contributed by atoms with van der Waals surface area (Å²) in [5.41, 5.74) is 2.15. The lowest BCUT2D eigenvalue weighted by Crippen LogP contribution is -2.46. The molecule has 1 saturated heterocycles. The van der Waals surface area contributed by atoms with Gasteiger partial charge in [-0.1, -0.05) is 12.1 Å². The van der Waals surface area contributed by atoms with Gasteiger partial charge in [0.15, 0.2) is 11.5 Å². The van der Waals surface area contributed by atoms with Gasteiger partial charge in [-0.3, -0.25) is 9.69 Å². The van der Waals surface area contributed by atoms with Crippen LogP contribution in [0.1, 0.15) is 28.1 Å². The van der Waals surface area contributed by atoms with Gasteiger partial charge in [-0.2, -0.15) is 0 Å². The number of hydrogen-bond acceptors (Lipinski definition) is 7. The number of halogens is 3. The van der Waals surface area contributed by atoms with Crippen molar-refractivity contribution in [1.29, 1.82) is 0 Å². The summed E-state index contributed by atoms with van der Waals surface area (Å²) in [6.45, 7) is 3.51. The summed E-state index contributed by atoms with van der Waals surface area (Å²) in [6, 6.07) is 11.6. The van der Waals surface area contributed by atoms with E-state index in [-0.39, 0.29) is 23.4 Å². The molecule has 2 N–H and O–H groups in total. The Bertz CT molecular complexity index is 1690. The predicted molar refractivity (Wildman–Crippen MR) is 153 cm³/mol. The van der Waals surface area contributed by atoms with Gasteiger partial charge in [0, 0.05) is 18.8 Å². The Hall–Kier alpha value is -4.36. The molecule has 2 aliphatic heterocycles. The number of thiophene rings is 1. The standard InChI is InChI=1S/C29H26F3N5O4S/c1-16-14-18(40-21-7-3-4-8-22(21)41-29(30,31)32)9-10-19(16)37-20-11-12-33-27-23(20)24(35-28(37)39)25(42-27)26(38)34-17-6-5-13-36(2)15-17/h3-4,7-12,14,17H,5-6,13,15H2,1-2H3,(H,34,38)(H,35,39). The molecule has 0 saturated carbocycles. The highest BCUT2D eigenvalue weighted by Gasteiger charge is 2.35. The molecule has 1 fully saturated rings. The summed E-state index contributed by atoms with van der Waals surface area (Å²) in [4.78, 5) is 35.9. The molecule has 2 aromatic carbocycles. The highest BCUT2D eigenvalue weighted by molar-refractivity contribution is 7.21. The Kier molecular flexibility index (Phi) is 7.15. The van der Waals surface area contributed by atoms with Crippen molar-refractivity contribution in [3.8, 4) is 17.2 Å². The number of para-hydroxylation sites is 2. The summed E-state index contributed by atoms with van der Waals surface area (Å²) in [5.74, 6) is -0.570. The van der Waals surface area contributed by atoms with Gasteiger partial charge in [0.1, 0.15) is 15.5 Å². The Morgan fingerprint density at radius 1 is 1.14 bits per heavy atom. The van der Waals surface area contributed by atoms with E-state index in [0.29, 0.717) is 37.7 Å². The number of urea groups is 1. The van der Waals surface area contributed by atoms with Crippen molar-refractivity contribution in [2.45, 2.75) is 32.2 Å². The summed E-state index contributed by atoms with van der Waals surface area (Å²) >= 11 is 1.22. The number of piperidine rings is 1. The highest BCUT2D eigenvalue weighted by Crippen LogP contribution is 2.47. The molecule has 9 nitrogen and oxygen atoms in total. The molecule has 1 unspecified atom stereocenters. The normalized spacial score (nSPS) is 17.2. The van der Waals surface area contributed by atoms with E-state index in [1.807, 2.05) is 7.05 Å². The Labute approximate surface area is 242 Å². The maximum atomic E-state index is 13.5. The largest absolute Gasteiger partial charge is 0.573 e. The van der Waals surface area contributed by atoms with Crippen LogP contribution in [0.3, 0.4) is 0 Å². The number of benzene rings is 2. The van der Waals surface area contributed by atoms with E-state index in [0.717, 1.165) is 32.0 Å². The number of carbonyl (C=O) groups excluding carboxylic acids is 2. The number of nitrogens with one attached hydrogen (secondary N) is 2. The van der Waals surface area contributed by atoms with Crippen molar-refractivity contribution < 1.29 is 32.2 Å². The number of rotatable bonds is 6. The molecule has 3 amide bonds. The van der Waals surface area contributed by atoms with Crippen molar-refractivity contribution in [3.05, 3.63) is 65.2 Å². The van der Waals surface area contributed by atoms with E-state index in [1.54, 1.807) is 37.4 Å². The Morgan fingerprint density at radius 2 is 1.93 bits per heavy atom. The van der Waals surface area contributed by atoms with Gasteiger partial charge in [0.2, 0.25) is 0 Å². The molecule has 4 aromatic rings. The number of alkyl halides is 3. The summed E-state index contributed by atoms with van der Waals surface area (Å²) < 4.78 is 48.3. The minimum atomic E-state index is -4.87.